The Balaban J connectivity index is 2.29. The monoisotopic (exact) mass is 255 g/mol. The molecule has 0 spiro atoms. The van der Waals surface area contributed by atoms with Crippen LogP contribution in [0, 0.1) is 0 Å². The fraction of sp³-hybridized carbons (Fsp3) is 0.500. The summed E-state index contributed by atoms with van der Waals surface area (Å²) in [6.07, 6.45) is 3.57. The van der Waals surface area contributed by atoms with E-state index in [1.54, 1.807) is 12.1 Å². The molecule has 17 heavy (non-hydrogen) atoms. The maximum atomic E-state index is 12.1. The summed E-state index contributed by atoms with van der Waals surface area (Å²) >= 11 is 0. The third-order valence-corrected chi connectivity index (χ3v) is 5.12. The molecular weight excluding hydrogens is 238 g/mol. The van der Waals surface area contributed by atoms with Crippen molar-refractivity contribution in [1.82, 2.24) is 4.72 Å². The van der Waals surface area contributed by atoms with Gasteiger partial charge in [0, 0.05) is 5.54 Å². The van der Waals surface area contributed by atoms with Gasteiger partial charge < -0.3 is 5.11 Å². The van der Waals surface area contributed by atoms with Crippen molar-refractivity contribution < 1.29 is 13.5 Å². The molecule has 5 heteroatoms. The van der Waals surface area contributed by atoms with Crippen molar-refractivity contribution in [3.05, 3.63) is 24.3 Å². The van der Waals surface area contributed by atoms with E-state index in [2.05, 4.69) is 4.72 Å². The van der Waals surface area contributed by atoms with E-state index >= 15 is 0 Å². The van der Waals surface area contributed by atoms with Crippen LogP contribution in [0.25, 0.3) is 0 Å². The lowest BCUT2D eigenvalue weighted by Gasteiger charge is -2.41. The van der Waals surface area contributed by atoms with E-state index in [0.29, 0.717) is 0 Å². The highest BCUT2D eigenvalue weighted by Gasteiger charge is 2.39. The molecular formula is C12H17NO3S. The van der Waals surface area contributed by atoms with E-state index in [0.717, 1.165) is 25.7 Å². The van der Waals surface area contributed by atoms with Gasteiger partial charge in [-0.3, -0.25) is 0 Å². The summed E-state index contributed by atoms with van der Waals surface area (Å²) in [6.45, 7) is 1.98. The van der Waals surface area contributed by atoms with Gasteiger partial charge in [0.25, 0.3) is 0 Å². The molecule has 1 saturated carbocycles. The summed E-state index contributed by atoms with van der Waals surface area (Å²) in [5, 5.41) is 9.59. The lowest BCUT2D eigenvalue weighted by atomic mass is 9.76. The van der Waals surface area contributed by atoms with Crippen molar-refractivity contribution in [2.75, 3.05) is 0 Å². The third-order valence-electron chi connectivity index (χ3n) is 3.49. The van der Waals surface area contributed by atoms with Gasteiger partial charge in [-0.1, -0.05) is 19.1 Å². The Bertz CT molecular complexity index is 501. The number of hydrogen-bond donors (Lipinski definition) is 2. The van der Waals surface area contributed by atoms with Crippen molar-refractivity contribution in [2.45, 2.75) is 43.0 Å². The minimum Gasteiger partial charge on any atom is -0.507 e. The molecule has 1 fully saturated rings. The van der Waals surface area contributed by atoms with Crippen molar-refractivity contribution in [3.63, 3.8) is 0 Å². The zero-order chi connectivity index (χ0) is 12.5. The summed E-state index contributed by atoms with van der Waals surface area (Å²) in [5.41, 5.74) is -0.304. The van der Waals surface area contributed by atoms with Gasteiger partial charge in [-0.2, -0.15) is 0 Å². The lowest BCUT2D eigenvalue weighted by Crippen LogP contribution is -2.52. The van der Waals surface area contributed by atoms with Crippen molar-refractivity contribution in [3.8, 4) is 5.75 Å². The lowest BCUT2D eigenvalue weighted by molar-refractivity contribution is 0.213. The number of para-hydroxylation sites is 1. The molecule has 0 aliphatic heterocycles. The van der Waals surface area contributed by atoms with Gasteiger partial charge in [0.2, 0.25) is 10.0 Å². The van der Waals surface area contributed by atoms with Crippen LogP contribution >= 0.6 is 0 Å². The van der Waals surface area contributed by atoms with Gasteiger partial charge in [0.05, 0.1) is 0 Å². The molecule has 0 atom stereocenters. The highest BCUT2D eigenvalue weighted by molar-refractivity contribution is 7.89. The molecule has 0 unspecified atom stereocenters. The van der Waals surface area contributed by atoms with Crippen molar-refractivity contribution >= 4 is 10.0 Å². The maximum absolute atomic E-state index is 12.1. The minimum absolute atomic E-state index is 0.0419. The number of nitrogens with one attached hydrogen (secondary N) is 1. The Morgan fingerprint density at radius 3 is 2.47 bits per heavy atom. The first kappa shape index (κ1) is 12.4. The predicted octanol–water partition coefficient (Wildman–Crippen LogP) is 2.00. The van der Waals surface area contributed by atoms with Gasteiger partial charge >= 0.3 is 0 Å². The topological polar surface area (TPSA) is 66.4 Å². The average Bonchev–Trinajstić information content (AvgIpc) is 2.24. The first-order chi connectivity index (χ1) is 7.99. The van der Waals surface area contributed by atoms with Crippen molar-refractivity contribution in [2.24, 2.45) is 0 Å². The fourth-order valence-electron chi connectivity index (χ4n) is 2.16. The molecule has 0 heterocycles. The molecule has 1 aromatic rings. The number of phenols is 1. The molecule has 4 nitrogen and oxygen atoms in total. The molecule has 0 amide bonds. The molecule has 1 aromatic carbocycles. The summed E-state index contributed by atoms with van der Waals surface area (Å²) in [4.78, 5) is -0.0419. The highest BCUT2D eigenvalue weighted by atomic mass is 32.2. The molecule has 2 rings (SSSR count). The number of hydrogen-bond acceptors (Lipinski definition) is 3. The van der Waals surface area contributed by atoms with E-state index in [1.165, 1.54) is 12.1 Å². The van der Waals surface area contributed by atoms with Gasteiger partial charge in [-0.15, -0.1) is 0 Å². The van der Waals surface area contributed by atoms with Crippen LogP contribution in [0.1, 0.15) is 32.6 Å². The molecule has 2 N–H and O–H groups in total. The first-order valence-electron chi connectivity index (χ1n) is 5.81. The minimum atomic E-state index is -3.62. The van der Waals surface area contributed by atoms with Gasteiger partial charge in [-0.25, -0.2) is 13.1 Å². The van der Waals surface area contributed by atoms with Crippen LogP contribution < -0.4 is 4.72 Å². The van der Waals surface area contributed by atoms with Crippen LogP contribution in [0.5, 0.6) is 5.75 Å². The fourth-order valence-corrected chi connectivity index (χ4v) is 3.79. The molecule has 0 aromatic heterocycles. The SMILES string of the molecule is CCC1(NS(=O)(=O)c2ccccc2O)CCC1. The molecule has 94 valence electrons. The Kier molecular flexibility index (Phi) is 3.14. The largest absolute Gasteiger partial charge is 0.507 e. The van der Waals surface area contributed by atoms with Gasteiger partial charge in [0.15, 0.2) is 0 Å². The highest BCUT2D eigenvalue weighted by Crippen LogP contribution is 2.36. The normalized spacial score (nSPS) is 18.6. The molecule has 0 radical (unpaired) electrons. The quantitative estimate of drug-likeness (QED) is 0.864. The van der Waals surface area contributed by atoms with Gasteiger partial charge in [0.1, 0.15) is 10.6 Å². The number of aromatic hydroxyl groups is 1. The summed E-state index contributed by atoms with van der Waals surface area (Å²) in [6, 6.07) is 6.01. The Morgan fingerprint density at radius 1 is 1.35 bits per heavy atom. The Hall–Kier alpha value is -1.07. The number of phenolic OH excluding ortho intramolecular Hbond substituents is 1. The molecule has 0 saturated heterocycles. The second-order valence-electron chi connectivity index (χ2n) is 4.56. The summed E-state index contributed by atoms with van der Waals surface area (Å²) < 4.78 is 27.0. The molecule has 0 bridgehead atoms. The Labute approximate surface area is 102 Å². The Morgan fingerprint density at radius 2 is 2.00 bits per heavy atom. The molecule has 1 aliphatic rings. The number of rotatable bonds is 4. The second kappa shape index (κ2) is 4.31. The standard InChI is InChI=1S/C12H17NO3S/c1-2-12(8-5-9-12)13-17(15,16)11-7-4-3-6-10(11)14/h3-4,6-7,13-14H,2,5,8-9H2,1H3. The number of sulfonamides is 1. The van der Waals surface area contributed by atoms with Crippen LogP contribution in [-0.4, -0.2) is 19.1 Å². The van der Waals surface area contributed by atoms with E-state index in [9.17, 15) is 13.5 Å². The van der Waals surface area contributed by atoms with Crippen molar-refractivity contribution in [1.29, 1.82) is 0 Å². The van der Waals surface area contributed by atoms with Crippen LogP contribution in [0.2, 0.25) is 0 Å². The smallest absolute Gasteiger partial charge is 0.244 e. The number of benzene rings is 1. The first-order valence-corrected chi connectivity index (χ1v) is 7.29. The second-order valence-corrected chi connectivity index (χ2v) is 6.21. The predicted molar refractivity (Wildman–Crippen MR) is 65.3 cm³/mol. The van der Waals surface area contributed by atoms with E-state index in [1.807, 2.05) is 6.92 Å². The molecule has 1 aliphatic carbocycles. The van der Waals surface area contributed by atoms with E-state index in [-0.39, 0.29) is 16.2 Å². The third kappa shape index (κ3) is 2.30. The zero-order valence-electron chi connectivity index (χ0n) is 9.81. The van der Waals surface area contributed by atoms with E-state index in [4.69, 9.17) is 0 Å². The zero-order valence-corrected chi connectivity index (χ0v) is 10.6. The maximum Gasteiger partial charge on any atom is 0.244 e. The van der Waals surface area contributed by atoms with Crippen LogP contribution in [0.3, 0.4) is 0 Å². The van der Waals surface area contributed by atoms with Crippen LogP contribution in [0.15, 0.2) is 29.2 Å². The average molecular weight is 255 g/mol. The summed E-state index contributed by atoms with van der Waals surface area (Å²) in [5.74, 6) is -0.203. The van der Waals surface area contributed by atoms with E-state index < -0.39 is 10.0 Å². The van der Waals surface area contributed by atoms with Crippen LogP contribution in [0.4, 0.5) is 0 Å². The van der Waals surface area contributed by atoms with Gasteiger partial charge in [-0.05, 0) is 37.8 Å². The summed E-state index contributed by atoms with van der Waals surface area (Å²) in [7, 11) is -3.62. The van der Waals surface area contributed by atoms with Crippen LogP contribution in [-0.2, 0) is 10.0 Å².